The average Bonchev–Trinajstić information content (AvgIpc) is 2.19. The van der Waals surface area contributed by atoms with Crippen molar-refractivity contribution in [2.45, 2.75) is 0 Å². The molecule has 8 heteroatoms. The van der Waals surface area contributed by atoms with Crippen molar-refractivity contribution in [3.63, 3.8) is 0 Å². The van der Waals surface area contributed by atoms with Crippen molar-refractivity contribution < 1.29 is 19.7 Å². The minimum atomic E-state index is -1.12. The van der Waals surface area contributed by atoms with Crippen LogP contribution in [0.15, 0.2) is 22.7 Å². The lowest BCUT2D eigenvalue weighted by Crippen LogP contribution is -2.11. The van der Waals surface area contributed by atoms with Gasteiger partial charge in [-0.3, -0.25) is 20.4 Å². The van der Waals surface area contributed by atoms with Crippen LogP contribution in [0.5, 0.6) is 0 Å². The minimum Gasteiger partial charge on any atom is -0.479 e. The summed E-state index contributed by atoms with van der Waals surface area (Å²) in [6.07, 6.45) is 0. The molecule has 0 heterocycles. The van der Waals surface area contributed by atoms with E-state index in [4.69, 9.17) is 5.11 Å². The van der Waals surface area contributed by atoms with Crippen LogP contribution in [0.3, 0.4) is 0 Å². The van der Waals surface area contributed by atoms with Crippen LogP contribution >= 0.6 is 15.9 Å². The van der Waals surface area contributed by atoms with E-state index in [1.807, 2.05) is 0 Å². The molecule has 7 nitrogen and oxygen atoms in total. The normalized spacial score (nSPS) is 9.81. The second-order valence-electron chi connectivity index (χ2n) is 2.71. The summed E-state index contributed by atoms with van der Waals surface area (Å²) in [5.74, 6) is -1.12. The second-order valence-corrected chi connectivity index (χ2v) is 3.56. The van der Waals surface area contributed by atoms with Crippen molar-refractivity contribution in [3.05, 3.63) is 32.8 Å². The fraction of sp³-hybridized carbons (Fsp3) is 0.125. The van der Waals surface area contributed by atoms with Gasteiger partial charge in [-0.25, -0.2) is 4.79 Å². The Morgan fingerprint density at radius 1 is 1.62 bits per heavy atom. The van der Waals surface area contributed by atoms with Crippen molar-refractivity contribution in [3.8, 4) is 0 Å². The first-order valence-corrected chi connectivity index (χ1v) is 4.83. The van der Waals surface area contributed by atoms with E-state index in [0.717, 1.165) is 0 Å². The van der Waals surface area contributed by atoms with Crippen LogP contribution in [0.2, 0.25) is 0 Å². The maximum absolute atomic E-state index is 10.4. The van der Waals surface area contributed by atoms with Gasteiger partial charge in [0.05, 0.1) is 10.6 Å². The lowest BCUT2D eigenvalue weighted by molar-refractivity contribution is -0.384. The predicted molar refractivity (Wildman–Crippen MR) is 58.0 cm³/mol. The zero-order valence-electron chi connectivity index (χ0n) is 7.84. The lowest BCUT2D eigenvalue weighted by atomic mass is 10.3. The Kier molecular flexibility index (Phi) is 4.20. The largest absolute Gasteiger partial charge is 0.479 e. The standard InChI is InChI=1S/C8H7BrN2O5/c9-6-3-5(11(14)15)1-2-7(6)10-16-4-8(12)13/h1-3,10H,4H2,(H,12,13). The van der Waals surface area contributed by atoms with Crippen LogP contribution in [-0.2, 0) is 9.63 Å². The molecule has 0 radical (unpaired) electrons. The molecule has 2 N–H and O–H groups in total. The Bertz CT molecular complexity index is 423. The number of hydrogen-bond acceptors (Lipinski definition) is 5. The molecule has 0 saturated heterocycles. The highest BCUT2D eigenvalue weighted by atomic mass is 79.9. The summed E-state index contributed by atoms with van der Waals surface area (Å²) < 4.78 is 0.409. The summed E-state index contributed by atoms with van der Waals surface area (Å²) >= 11 is 3.09. The summed E-state index contributed by atoms with van der Waals surface area (Å²) in [6, 6.07) is 3.97. The first-order chi connectivity index (χ1) is 7.50. The number of nitrogens with zero attached hydrogens (tertiary/aromatic N) is 1. The highest BCUT2D eigenvalue weighted by Gasteiger charge is 2.09. The third-order valence-corrected chi connectivity index (χ3v) is 2.20. The van der Waals surface area contributed by atoms with Crippen LogP contribution in [0, 0.1) is 10.1 Å². The zero-order chi connectivity index (χ0) is 12.1. The van der Waals surface area contributed by atoms with Gasteiger partial charge in [0.25, 0.3) is 5.69 Å². The molecule has 1 aromatic carbocycles. The number of carboxylic acids is 1. The number of nitro groups is 1. The first-order valence-electron chi connectivity index (χ1n) is 4.04. The van der Waals surface area contributed by atoms with Gasteiger partial charge in [0.2, 0.25) is 0 Å². The molecule has 16 heavy (non-hydrogen) atoms. The van der Waals surface area contributed by atoms with Crippen molar-refractivity contribution in [2.75, 3.05) is 12.1 Å². The molecule has 86 valence electrons. The van der Waals surface area contributed by atoms with Gasteiger partial charge in [-0.2, -0.15) is 0 Å². The van der Waals surface area contributed by atoms with Gasteiger partial charge in [0, 0.05) is 16.6 Å². The van der Waals surface area contributed by atoms with Gasteiger partial charge in [0.15, 0.2) is 6.61 Å². The van der Waals surface area contributed by atoms with Gasteiger partial charge < -0.3 is 5.11 Å². The quantitative estimate of drug-likeness (QED) is 0.633. The van der Waals surface area contributed by atoms with E-state index in [2.05, 4.69) is 26.2 Å². The Hall–Kier alpha value is -1.67. The summed E-state index contributed by atoms with van der Waals surface area (Å²) in [7, 11) is 0. The summed E-state index contributed by atoms with van der Waals surface area (Å²) in [6.45, 7) is -0.510. The van der Waals surface area contributed by atoms with E-state index in [1.54, 1.807) is 0 Å². The molecule has 0 amide bonds. The molecular formula is C8H7BrN2O5. The molecule has 1 rings (SSSR count). The predicted octanol–water partition coefficient (Wildman–Crippen LogP) is 1.79. The Morgan fingerprint density at radius 2 is 2.31 bits per heavy atom. The molecule has 0 aromatic heterocycles. The highest BCUT2D eigenvalue weighted by molar-refractivity contribution is 9.10. The molecule has 0 atom stereocenters. The number of carbonyl (C=O) groups is 1. The van der Waals surface area contributed by atoms with E-state index in [1.165, 1.54) is 18.2 Å². The van der Waals surface area contributed by atoms with Crippen LogP contribution in [0.1, 0.15) is 0 Å². The second kappa shape index (κ2) is 5.42. The summed E-state index contributed by atoms with van der Waals surface area (Å²) in [5.41, 5.74) is 2.70. The van der Waals surface area contributed by atoms with E-state index >= 15 is 0 Å². The Labute approximate surface area is 98.3 Å². The van der Waals surface area contributed by atoms with Crippen molar-refractivity contribution >= 4 is 33.3 Å². The van der Waals surface area contributed by atoms with Crippen LogP contribution in [-0.4, -0.2) is 22.6 Å². The minimum absolute atomic E-state index is 0.0735. The fourth-order valence-electron chi connectivity index (χ4n) is 0.876. The Morgan fingerprint density at radius 3 is 2.81 bits per heavy atom. The summed E-state index contributed by atoms with van der Waals surface area (Å²) in [5, 5.41) is 18.7. The number of nitrogens with one attached hydrogen (secondary N) is 1. The highest BCUT2D eigenvalue weighted by Crippen LogP contribution is 2.26. The third-order valence-electron chi connectivity index (χ3n) is 1.54. The van der Waals surface area contributed by atoms with Gasteiger partial charge in [-0.15, -0.1) is 0 Å². The molecule has 0 unspecified atom stereocenters. The number of hydrogen-bond donors (Lipinski definition) is 2. The van der Waals surface area contributed by atoms with Crippen molar-refractivity contribution in [1.82, 2.24) is 0 Å². The first kappa shape index (κ1) is 12.4. The number of non-ortho nitro benzene ring substituents is 1. The van der Waals surface area contributed by atoms with Crippen LogP contribution in [0.4, 0.5) is 11.4 Å². The number of rotatable bonds is 5. The molecule has 0 saturated carbocycles. The topological polar surface area (TPSA) is 102 Å². The molecule has 0 aliphatic rings. The number of nitro benzene ring substituents is 1. The maximum Gasteiger partial charge on any atom is 0.332 e. The zero-order valence-corrected chi connectivity index (χ0v) is 9.43. The molecule has 0 aliphatic heterocycles. The monoisotopic (exact) mass is 290 g/mol. The van der Waals surface area contributed by atoms with E-state index in [0.29, 0.717) is 10.2 Å². The number of benzene rings is 1. The molecule has 0 aliphatic carbocycles. The maximum atomic E-state index is 10.4. The average molecular weight is 291 g/mol. The van der Waals surface area contributed by atoms with Gasteiger partial charge in [-0.05, 0) is 22.0 Å². The smallest absolute Gasteiger partial charge is 0.332 e. The fourth-order valence-corrected chi connectivity index (χ4v) is 1.32. The molecular weight excluding hydrogens is 284 g/mol. The molecule has 0 bridgehead atoms. The van der Waals surface area contributed by atoms with Crippen molar-refractivity contribution in [2.24, 2.45) is 0 Å². The summed E-state index contributed by atoms with van der Waals surface area (Å²) in [4.78, 5) is 24.7. The van der Waals surface area contributed by atoms with E-state index in [-0.39, 0.29) is 5.69 Å². The van der Waals surface area contributed by atoms with Crippen LogP contribution in [0.25, 0.3) is 0 Å². The number of carboxylic acid groups (broad SMARTS) is 1. The van der Waals surface area contributed by atoms with Crippen LogP contribution < -0.4 is 5.48 Å². The van der Waals surface area contributed by atoms with Gasteiger partial charge in [0.1, 0.15) is 0 Å². The number of halogens is 1. The Balaban J connectivity index is 2.68. The van der Waals surface area contributed by atoms with Gasteiger partial charge in [-0.1, -0.05) is 0 Å². The molecule has 0 spiro atoms. The third kappa shape index (κ3) is 3.48. The molecule has 0 fully saturated rings. The number of aliphatic carboxylic acids is 1. The number of anilines is 1. The van der Waals surface area contributed by atoms with Crippen molar-refractivity contribution in [1.29, 1.82) is 0 Å². The van der Waals surface area contributed by atoms with E-state index in [9.17, 15) is 14.9 Å². The van der Waals surface area contributed by atoms with E-state index < -0.39 is 17.5 Å². The SMILES string of the molecule is O=C(O)CONc1ccc([N+](=O)[O-])cc1Br. The lowest BCUT2D eigenvalue weighted by Gasteiger charge is -2.06. The van der Waals surface area contributed by atoms with Gasteiger partial charge >= 0.3 is 5.97 Å². The molecule has 1 aromatic rings.